The molecule has 0 fully saturated rings. The minimum atomic E-state index is -0.289. The molecule has 0 aliphatic heterocycles. The molecule has 6 nitrogen and oxygen atoms in total. The summed E-state index contributed by atoms with van der Waals surface area (Å²) in [5, 5.41) is 5.89. The predicted molar refractivity (Wildman–Crippen MR) is 86.3 cm³/mol. The van der Waals surface area contributed by atoms with Gasteiger partial charge in [0.15, 0.2) is 0 Å². The predicted octanol–water partition coefficient (Wildman–Crippen LogP) is 2.81. The first-order valence-electron chi connectivity index (χ1n) is 7.11. The van der Waals surface area contributed by atoms with E-state index in [4.69, 9.17) is 4.74 Å². The molecule has 116 valence electrons. The number of anilines is 2. The maximum Gasteiger partial charge on any atom is 0.274 e. The van der Waals surface area contributed by atoms with Gasteiger partial charge in [-0.1, -0.05) is 19.9 Å². The number of nitrogens with one attached hydrogen (secondary N) is 2. The normalized spacial score (nSPS) is 10.4. The van der Waals surface area contributed by atoms with Gasteiger partial charge in [-0.25, -0.2) is 9.97 Å². The summed E-state index contributed by atoms with van der Waals surface area (Å²) in [6.45, 7) is 4.93. The van der Waals surface area contributed by atoms with Crippen LogP contribution in [0.1, 0.15) is 24.3 Å². The molecule has 1 amide bonds. The van der Waals surface area contributed by atoms with Gasteiger partial charge < -0.3 is 15.4 Å². The zero-order valence-corrected chi connectivity index (χ0v) is 13.0. The summed E-state index contributed by atoms with van der Waals surface area (Å²) >= 11 is 0. The molecule has 2 aromatic rings. The van der Waals surface area contributed by atoms with Crippen molar-refractivity contribution in [1.29, 1.82) is 0 Å². The number of methoxy groups -OCH3 is 1. The third-order valence-corrected chi connectivity index (χ3v) is 2.88. The number of amides is 1. The number of ether oxygens (including phenoxy) is 1. The van der Waals surface area contributed by atoms with Crippen LogP contribution in [0.4, 0.5) is 11.6 Å². The summed E-state index contributed by atoms with van der Waals surface area (Å²) in [5.41, 5.74) is 0.962. The Bertz CT molecular complexity index is 644. The molecule has 0 aliphatic rings. The zero-order valence-electron chi connectivity index (χ0n) is 13.0. The molecule has 0 spiro atoms. The van der Waals surface area contributed by atoms with Crippen molar-refractivity contribution in [1.82, 2.24) is 9.97 Å². The van der Waals surface area contributed by atoms with Crippen LogP contribution in [0, 0.1) is 5.92 Å². The Morgan fingerprint density at radius 3 is 2.86 bits per heavy atom. The second-order valence-electron chi connectivity index (χ2n) is 5.23. The van der Waals surface area contributed by atoms with Gasteiger partial charge in [-0.2, -0.15) is 0 Å². The van der Waals surface area contributed by atoms with Crippen LogP contribution in [0.25, 0.3) is 0 Å². The zero-order chi connectivity index (χ0) is 15.9. The highest BCUT2D eigenvalue weighted by Gasteiger charge is 2.10. The lowest BCUT2D eigenvalue weighted by molar-refractivity contribution is 0.102. The highest BCUT2D eigenvalue weighted by molar-refractivity contribution is 6.03. The summed E-state index contributed by atoms with van der Waals surface area (Å²) in [5.74, 6) is 1.31. The number of hydrogen-bond acceptors (Lipinski definition) is 5. The fourth-order valence-electron chi connectivity index (χ4n) is 1.76. The van der Waals surface area contributed by atoms with Crippen molar-refractivity contribution in [3.8, 4) is 5.75 Å². The molecule has 0 unspecified atom stereocenters. The molecule has 0 atom stereocenters. The summed E-state index contributed by atoms with van der Waals surface area (Å²) in [7, 11) is 1.58. The van der Waals surface area contributed by atoms with E-state index in [9.17, 15) is 4.79 Å². The molecule has 0 aliphatic carbocycles. The van der Waals surface area contributed by atoms with Crippen LogP contribution in [0.5, 0.6) is 5.75 Å². The second kappa shape index (κ2) is 7.40. The number of carbonyl (C=O) groups is 1. The van der Waals surface area contributed by atoms with Gasteiger partial charge >= 0.3 is 0 Å². The number of hydrogen-bond donors (Lipinski definition) is 2. The van der Waals surface area contributed by atoms with E-state index in [1.165, 1.54) is 0 Å². The van der Waals surface area contributed by atoms with Gasteiger partial charge in [0.1, 0.15) is 11.4 Å². The Hall–Kier alpha value is -2.63. The fourth-order valence-corrected chi connectivity index (χ4v) is 1.76. The first-order chi connectivity index (χ1) is 10.6. The van der Waals surface area contributed by atoms with E-state index in [2.05, 4.69) is 34.4 Å². The average molecular weight is 300 g/mol. The van der Waals surface area contributed by atoms with E-state index in [1.807, 2.05) is 12.1 Å². The Balaban J connectivity index is 2.07. The van der Waals surface area contributed by atoms with Crippen molar-refractivity contribution in [2.75, 3.05) is 24.3 Å². The fraction of sp³-hybridized carbons (Fsp3) is 0.312. The van der Waals surface area contributed by atoms with Gasteiger partial charge in [0, 0.05) is 24.5 Å². The molecule has 0 bridgehead atoms. The SMILES string of the molecule is COc1cccc(NC(=O)c2ccnc(NCC(C)C)n2)c1. The van der Waals surface area contributed by atoms with Crippen LogP contribution < -0.4 is 15.4 Å². The van der Waals surface area contributed by atoms with Gasteiger partial charge in [0.25, 0.3) is 5.91 Å². The van der Waals surface area contributed by atoms with Crippen molar-refractivity contribution in [2.45, 2.75) is 13.8 Å². The van der Waals surface area contributed by atoms with Gasteiger partial charge in [0.2, 0.25) is 5.95 Å². The molecule has 0 radical (unpaired) electrons. The van der Waals surface area contributed by atoms with E-state index >= 15 is 0 Å². The van der Waals surface area contributed by atoms with Gasteiger partial charge in [-0.05, 0) is 24.1 Å². The quantitative estimate of drug-likeness (QED) is 0.858. The van der Waals surface area contributed by atoms with Crippen molar-refractivity contribution in [3.05, 3.63) is 42.2 Å². The number of nitrogens with zero attached hydrogens (tertiary/aromatic N) is 2. The molecular formula is C16H20N4O2. The lowest BCUT2D eigenvalue weighted by Crippen LogP contribution is -2.16. The summed E-state index contributed by atoms with van der Waals surface area (Å²) in [4.78, 5) is 20.6. The Labute approximate surface area is 129 Å². The minimum Gasteiger partial charge on any atom is -0.497 e. The molecule has 0 saturated carbocycles. The van der Waals surface area contributed by atoms with Gasteiger partial charge in [0.05, 0.1) is 7.11 Å². The Morgan fingerprint density at radius 2 is 2.14 bits per heavy atom. The Morgan fingerprint density at radius 1 is 1.32 bits per heavy atom. The molecule has 1 aromatic heterocycles. The molecule has 2 N–H and O–H groups in total. The monoisotopic (exact) mass is 300 g/mol. The minimum absolute atomic E-state index is 0.289. The lowest BCUT2D eigenvalue weighted by atomic mass is 10.2. The molecule has 22 heavy (non-hydrogen) atoms. The maximum absolute atomic E-state index is 12.2. The van der Waals surface area contributed by atoms with Crippen LogP contribution in [0.3, 0.4) is 0 Å². The van der Waals surface area contributed by atoms with Crippen LogP contribution in [-0.4, -0.2) is 29.5 Å². The third kappa shape index (κ3) is 4.44. The molecule has 2 rings (SSSR count). The number of benzene rings is 1. The molecule has 0 saturated heterocycles. The standard InChI is InChI=1S/C16H20N4O2/c1-11(2)10-18-16-17-8-7-14(20-16)15(21)19-12-5-4-6-13(9-12)22-3/h4-9,11H,10H2,1-3H3,(H,19,21)(H,17,18,20). The maximum atomic E-state index is 12.2. The highest BCUT2D eigenvalue weighted by atomic mass is 16.5. The summed E-state index contributed by atoms with van der Waals surface area (Å²) in [6, 6.07) is 8.74. The lowest BCUT2D eigenvalue weighted by Gasteiger charge is -2.09. The van der Waals surface area contributed by atoms with E-state index < -0.39 is 0 Å². The van der Waals surface area contributed by atoms with Gasteiger partial charge in [-0.15, -0.1) is 0 Å². The van der Waals surface area contributed by atoms with Crippen molar-refractivity contribution in [3.63, 3.8) is 0 Å². The Kier molecular flexibility index (Phi) is 5.30. The first kappa shape index (κ1) is 15.8. The number of carbonyl (C=O) groups excluding carboxylic acids is 1. The number of rotatable bonds is 6. The smallest absolute Gasteiger partial charge is 0.274 e. The van der Waals surface area contributed by atoms with Crippen molar-refractivity contribution in [2.24, 2.45) is 5.92 Å². The van der Waals surface area contributed by atoms with E-state index in [1.54, 1.807) is 31.5 Å². The van der Waals surface area contributed by atoms with E-state index in [0.717, 1.165) is 6.54 Å². The largest absolute Gasteiger partial charge is 0.497 e. The van der Waals surface area contributed by atoms with Crippen molar-refractivity contribution < 1.29 is 9.53 Å². The third-order valence-electron chi connectivity index (χ3n) is 2.88. The molecule has 1 heterocycles. The highest BCUT2D eigenvalue weighted by Crippen LogP contribution is 2.17. The summed E-state index contributed by atoms with van der Waals surface area (Å²) < 4.78 is 5.13. The number of aromatic nitrogens is 2. The van der Waals surface area contributed by atoms with Gasteiger partial charge in [-0.3, -0.25) is 4.79 Å². The van der Waals surface area contributed by atoms with E-state index in [0.29, 0.717) is 29.0 Å². The van der Waals surface area contributed by atoms with Crippen LogP contribution in [-0.2, 0) is 0 Å². The average Bonchev–Trinajstić information content (AvgIpc) is 2.53. The van der Waals surface area contributed by atoms with Crippen molar-refractivity contribution >= 4 is 17.5 Å². The van der Waals surface area contributed by atoms with Crippen LogP contribution in [0.2, 0.25) is 0 Å². The molecule has 1 aromatic carbocycles. The second-order valence-corrected chi connectivity index (χ2v) is 5.23. The van der Waals surface area contributed by atoms with Crippen LogP contribution in [0.15, 0.2) is 36.5 Å². The topological polar surface area (TPSA) is 76.1 Å². The van der Waals surface area contributed by atoms with Crippen LogP contribution >= 0.6 is 0 Å². The summed E-state index contributed by atoms with van der Waals surface area (Å²) in [6.07, 6.45) is 1.57. The molecule has 6 heteroatoms. The molecular weight excluding hydrogens is 280 g/mol. The van der Waals surface area contributed by atoms with E-state index in [-0.39, 0.29) is 5.91 Å². The first-order valence-corrected chi connectivity index (χ1v) is 7.11.